The minimum atomic E-state index is -1.42. The molecule has 0 heterocycles. The van der Waals surface area contributed by atoms with Gasteiger partial charge in [-0.3, -0.25) is 10.1 Å². The van der Waals surface area contributed by atoms with Gasteiger partial charge in [0, 0.05) is 12.1 Å². The first-order valence-corrected chi connectivity index (χ1v) is 5.32. The molecule has 0 fully saturated rings. The third kappa shape index (κ3) is 3.91. The van der Waals surface area contributed by atoms with Crippen molar-refractivity contribution in [2.45, 2.75) is 6.92 Å². The number of non-ortho nitro benzene ring substituents is 1. The number of carbonyl (C=O) groups excluding carboxylic acids is 1. The van der Waals surface area contributed by atoms with Crippen molar-refractivity contribution in [2.24, 2.45) is 0 Å². The Bertz CT molecular complexity index is 532. The number of nitro groups is 1. The van der Waals surface area contributed by atoms with Crippen LogP contribution in [0.15, 0.2) is 29.8 Å². The maximum Gasteiger partial charge on any atom is 0.345 e. The van der Waals surface area contributed by atoms with Gasteiger partial charge in [0.2, 0.25) is 0 Å². The minimum absolute atomic E-state index is 0.0592. The number of nitrogens with zero attached hydrogens (tertiary/aromatic N) is 1. The molecule has 1 aromatic carbocycles. The fraction of sp³-hybridized carbons (Fsp3) is 0.167. The van der Waals surface area contributed by atoms with E-state index in [-0.39, 0.29) is 12.3 Å². The number of carboxylic acids is 1. The van der Waals surface area contributed by atoms with E-state index >= 15 is 0 Å². The van der Waals surface area contributed by atoms with Gasteiger partial charge in [0.1, 0.15) is 5.57 Å². The number of benzene rings is 1. The van der Waals surface area contributed by atoms with E-state index in [1.54, 1.807) is 6.92 Å². The topological polar surface area (TPSA) is 107 Å². The van der Waals surface area contributed by atoms with Gasteiger partial charge in [-0.05, 0) is 30.7 Å². The van der Waals surface area contributed by atoms with Crippen LogP contribution in [0.25, 0.3) is 6.08 Å². The third-order valence-corrected chi connectivity index (χ3v) is 2.14. The lowest BCUT2D eigenvalue weighted by Crippen LogP contribution is -2.15. The van der Waals surface area contributed by atoms with Gasteiger partial charge in [-0.25, -0.2) is 9.59 Å². The van der Waals surface area contributed by atoms with E-state index in [2.05, 4.69) is 4.74 Å². The standard InChI is InChI=1S/C12H11NO6/c1-2-19-12(16)10(11(14)15)7-8-3-5-9(6-4-8)13(17)18/h3-7H,2H2,1H3,(H,14,15)/b10-7-. The van der Waals surface area contributed by atoms with Crippen LogP contribution in [0.1, 0.15) is 12.5 Å². The number of carboxylic acid groups (broad SMARTS) is 1. The zero-order valence-corrected chi connectivity index (χ0v) is 10.0. The quantitative estimate of drug-likeness (QED) is 0.216. The average molecular weight is 265 g/mol. The lowest BCUT2D eigenvalue weighted by molar-refractivity contribution is -0.384. The highest BCUT2D eigenvalue weighted by Gasteiger charge is 2.18. The molecule has 0 unspecified atom stereocenters. The molecule has 7 nitrogen and oxygen atoms in total. The summed E-state index contributed by atoms with van der Waals surface area (Å²) in [6.45, 7) is 1.62. The molecular weight excluding hydrogens is 254 g/mol. The molecule has 100 valence electrons. The molecule has 0 atom stereocenters. The molecule has 1 aromatic rings. The monoisotopic (exact) mass is 265 g/mol. The molecule has 0 aromatic heterocycles. The SMILES string of the molecule is CCOC(=O)/C(=C\c1ccc([N+](=O)[O-])cc1)C(=O)O. The normalized spacial score (nSPS) is 10.9. The molecule has 0 radical (unpaired) electrons. The molecule has 1 N–H and O–H groups in total. The Morgan fingerprint density at radius 3 is 2.37 bits per heavy atom. The van der Waals surface area contributed by atoms with E-state index in [0.717, 1.165) is 6.08 Å². The van der Waals surface area contributed by atoms with Crippen LogP contribution in [0.3, 0.4) is 0 Å². The summed E-state index contributed by atoms with van der Waals surface area (Å²) in [6, 6.07) is 5.13. The Labute approximate surface area is 108 Å². The van der Waals surface area contributed by atoms with Crippen molar-refractivity contribution in [1.82, 2.24) is 0 Å². The molecule has 0 amide bonds. The van der Waals surface area contributed by atoms with Crippen LogP contribution in [0.2, 0.25) is 0 Å². The fourth-order valence-corrected chi connectivity index (χ4v) is 1.28. The molecule has 7 heteroatoms. The number of aliphatic carboxylic acids is 1. The summed E-state index contributed by atoms with van der Waals surface area (Å²) >= 11 is 0. The maximum absolute atomic E-state index is 11.4. The van der Waals surface area contributed by atoms with E-state index in [9.17, 15) is 19.7 Å². The van der Waals surface area contributed by atoms with Gasteiger partial charge < -0.3 is 9.84 Å². The zero-order valence-electron chi connectivity index (χ0n) is 10.0. The van der Waals surface area contributed by atoms with Gasteiger partial charge in [0.15, 0.2) is 0 Å². The minimum Gasteiger partial charge on any atom is -0.477 e. The van der Waals surface area contributed by atoms with Crippen LogP contribution < -0.4 is 0 Å². The van der Waals surface area contributed by atoms with Crippen molar-refractivity contribution in [3.05, 3.63) is 45.5 Å². The molecule has 0 saturated carbocycles. The Balaban J connectivity index is 3.05. The summed E-state index contributed by atoms with van der Waals surface area (Å²) in [7, 11) is 0. The number of rotatable bonds is 5. The lowest BCUT2D eigenvalue weighted by Gasteiger charge is -2.02. The van der Waals surface area contributed by atoms with Crippen LogP contribution in [-0.4, -0.2) is 28.6 Å². The molecule has 0 bridgehead atoms. The first-order chi connectivity index (χ1) is 8.95. The number of hydrogen-bond acceptors (Lipinski definition) is 5. The highest BCUT2D eigenvalue weighted by atomic mass is 16.6. The van der Waals surface area contributed by atoms with E-state index < -0.39 is 22.4 Å². The summed E-state index contributed by atoms with van der Waals surface area (Å²) in [5.41, 5.74) is -0.295. The summed E-state index contributed by atoms with van der Waals surface area (Å²) in [5, 5.41) is 19.4. The predicted molar refractivity (Wildman–Crippen MR) is 65.3 cm³/mol. The number of carbonyl (C=O) groups is 2. The van der Waals surface area contributed by atoms with Crippen LogP contribution in [0.5, 0.6) is 0 Å². The fourth-order valence-electron chi connectivity index (χ4n) is 1.28. The van der Waals surface area contributed by atoms with E-state index in [1.807, 2.05) is 0 Å². The highest BCUT2D eigenvalue weighted by molar-refractivity contribution is 6.17. The van der Waals surface area contributed by atoms with Crippen LogP contribution in [-0.2, 0) is 14.3 Å². The largest absolute Gasteiger partial charge is 0.477 e. The van der Waals surface area contributed by atoms with Crippen LogP contribution in [0.4, 0.5) is 5.69 Å². The second-order valence-electron chi connectivity index (χ2n) is 3.43. The van der Waals surface area contributed by atoms with E-state index in [0.29, 0.717) is 5.56 Å². The molecule has 0 aliphatic carbocycles. The first kappa shape index (κ1) is 14.4. The van der Waals surface area contributed by atoms with Crippen molar-refractivity contribution in [1.29, 1.82) is 0 Å². The second kappa shape index (κ2) is 6.29. The van der Waals surface area contributed by atoms with Gasteiger partial charge in [0.25, 0.3) is 5.69 Å². The van der Waals surface area contributed by atoms with Crippen molar-refractivity contribution < 1.29 is 24.4 Å². The summed E-state index contributed by atoms with van der Waals surface area (Å²) in [6.07, 6.45) is 1.10. The third-order valence-electron chi connectivity index (χ3n) is 2.14. The number of esters is 1. The van der Waals surface area contributed by atoms with Gasteiger partial charge in [0.05, 0.1) is 11.5 Å². The van der Waals surface area contributed by atoms with Gasteiger partial charge in [-0.1, -0.05) is 0 Å². The smallest absolute Gasteiger partial charge is 0.345 e. The molecular formula is C12H11NO6. The Morgan fingerprint density at radius 2 is 1.95 bits per heavy atom. The second-order valence-corrected chi connectivity index (χ2v) is 3.43. The molecule has 19 heavy (non-hydrogen) atoms. The van der Waals surface area contributed by atoms with Crippen LogP contribution >= 0.6 is 0 Å². The molecule has 0 aliphatic heterocycles. The molecule has 1 rings (SSSR count). The van der Waals surface area contributed by atoms with Crippen molar-refractivity contribution in [3.8, 4) is 0 Å². The zero-order chi connectivity index (χ0) is 14.4. The summed E-state index contributed by atoms with van der Waals surface area (Å²) in [5.74, 6) is -2.37. The number of ether oxygens (including phenoxy) is 1. The first-order valence-electron chi connectivity index (χ1n) is 5.32. The number of nitro benzene ring substituents is 1. The Morgan fingerprint density at radius 1 is 1.37 bits per heavy atom. The average Bonchev–Trinajstić information content (AvgIpc) is 2.36. The predicted octanol–water partition coefficient (Wildman–Crippen LogP) is 1.63. The molecule has 0 saturated heterocycles. The maximum atomic E-state index is 11.4. The van der Waals surface area contributed by atoms with Crippen molar-refractivity contribution >= 4 is 23.7 Å². The Kier molecular flexibility index (Phi) is 4.76. The number of hydrogen-bond donors (Lipinski definition) is 1. The summed E-state index contributed by atoms with van der Waals surface area (Å²) in [4.78, 5) is 32.2. The highest BCUT2D eigenvalue weighted by Crippen LogP contribution is 2.15. The molecule has 0 spiro atoms. The van der Waals surface area contributed by atoms with E-state index in [4.69, 9.17) is 5.11 Å². The Hall–Kier alpha value is -2.70. The van der Waals surface area contributed by atoms with Gasteiger partial charge in [-0.2, -0.15) is 0 Å². The molecule has 0 aliphatic rings. The van der Waals surface area contributed by atoms with Crippen LogP contribution in [0, 0.1) is 10.1 Å². The summed E-state index contributed by atoms with van der Waals surface area (Å²) < 4.78 is 4.60. The lowest BCUT2D eigenvalue weighted by atomic mass is 10.1. The van der Waals surface area contributed by atoms with Gasteiger partial charge >= 0.3 is 11.9 Å². The van der Waals surface area contributed by atoms with Crippen molar-refractivity contribution in [3.63, 3.8) is 0 Å². The van der Waals surface area contributed by atoms with Gasteiger partial charge in [-0.15, -0.1) is 0 Å². The van der Waals surface area contributed by atoms with E-state index in [1.165, 1.54) is 24.3 Å². The van der Waals surface area contributed by atoms with Crippen molar-refractivity contribution in [2.75, 3.05) is 6.61 Å².